The second-order valence-electron chi connectivity index (χ2n) is 10.4. The predicted molar refractivity (Wildman–Crippen MR) is 141 cm³/mol. The molecule has 8 heteroatoms. The van der Waals surface area contributed by atoms with E-state index in [1.54, 1.807) is 25.3 Å². The van der Waals surface area contributed by atoms with Gasteiger partial charge in [-0.15, -0.1) is 17.9 Å². The first kappa shape index (κ1) is 30.1. The van der Waals surface area contributed by atoms with Crippen molar-refractivity contribution in [1.82, 2.24) is 4.98 Å². The molecule has 0 saturated heterocycles. The number of allylic oxidation sites excluding steroid dienone is 2. The third-order valence-electron chi connectivity index (χ3n) is 7.00. The number of thiazole rings is 1. The van der Waals surface area contributed by atoms with Gasteiger partial charge >= 0.3 is 5.97 Å². The van der Waals surface area contributed by atoms with E-state index in [1.165, 1.54) is 17.4 Å². The van der Waals surface area contributed by atoms with E-state index in [9.17, 15) is 19.8 Å². The van der Waals surface area contributed by atoms with Gasteiger partial charge in [0.15, 0.2) is 6.10 Å². The summed E-state index contributed by atoms with van der Waals surface area (Å²) in [4.78, 5) is 30.5. The summed E-state index contributed by atoms with van der Waals surface area (Å²) in [6.07, 6.45) is 3.41. The second-order valence-corrected chi connectivity index (χ2v) is 11.4. The van der Waals surface area contributed by atoms with Crippen LogP contribution in [0.2, 0.25) is 0 Å². The zero-order valence-electron chi connectivity index (χ0n) is 22.0. The fraction of sp³-hybridized carbons (Fsp3) is 0.607. The van der Waals surface area contributed by atoms with Gasteiger partial charge in [0.05, 0.1) is 34.7 Å². The first-order valence-electron chi connectivity index (χ1n) is 12.5. The molecular weight excluding hydrogens is 481 g/mol. The average molecular weight is 522 g/mol. The van der Waals surface area contributed by atoms with Gasteiger partial charge in [0, 0.05) is 23.8 Å². The van der Waals surface area contributed by atoms with Crippen molar-refractivity contribution in [2.45, 2.75) is 91.5 Å². The minimum atomic E-state index is -1.37. The maximum absolute atomic E-state index is 15.2. The Morgan fingerprint density at radius 1 is 1.33 bits per heavy atom. The van der Waals surface area contributed by atoms with Crippen LogP contribution in [0.3, 0.4) is 0 Å². The molecule has 0 fully saturated rings. The number of aryl methyl sites for hydroxylation is 1. The molecule has 200 valence electrons. The van der Waals surface area contributed by atoms with Crippen molar-refractivity contribution in [3.8, 4) is 0 Å². The number of carbonyl (C=O) groups is 2. The molecule has 2 N–H and O–H groups in total. The van der Waals surface area contributed by atoms with E-state index in [0.29, 0.717) is 12.1 Å². The van der Waals surface area contributed by atoms with Crippen LogP contribution in [0.15, 0.2) is 35.5 Å². The summed E-state index contributed by atoms with van der Waals surface area (Å²) in [7, 11) is 0. The molecule has 36 heavy (non-hydrogen) atoms. The third kappa shape index (κ3) is 8.18. The van der Waals surface area contributed by atoms with Gasteiger partial charge in [-0.1, -0.05) is 38.5 Å². The Labute approximate surface area is 218 Å². The standard InChI is InChI=1S/C28H40FNO5S/c1-7-9-21-26(33)18(3)11-8-10-17(2)12-13-23(22(29)14-20-16-36-19(4)30-20)35-25(32)15-24(31)28(5,6)27(21)34/h7,12,14,16,18,21,23-24,26,31,33H,1,8-11,13,15H2,2-6H3/b17-12-,22-14-/t18-,21+,23-,24-,26-/m0/s1. The lowest BCUT2D eigenvalue weighted by atomic mass is 9.71. The summed E-state index contributed by atoms with van der Waals surface area (Å²) in [6.45, 7) is 12.5. The fourth-order valence-corrected chi connectivity index (χ4v) is 4.99. The SMILES string of the molecule is C=CC[C@H]1C(=O)C(C)(C)[C@@H](O)CC(=O)O[C@H](/C(F)=C/c2csc(C)n2)C/C=C(/C)CCC[C@H](C)[C@@H]1O. The number of aromatic nitrogens is 1. The molecule has 0 unspecified atom stereocenters. The lowest BCUT2D eigenvalue weighted by Crippen LogP contribution is -2.46. The summed E-state index contributed by atoms with van der Waals surface area (Å²) >= 11 is 1.39. The Balaban J connectivity index is 2.37. The fourth-order valence-electron chi connectivity index (χ4n) is 4.42. The highest BCUT2D eigenvalue weighted by Gasteiger charge is 2.43. The Morgan fingerprint density at radius 3 is 2.64 bits per heavy atom. The molecule has 2 rings (SSSR count). The maximum atomic E-state index is 15.2. The van der Waals surface area contributed by atoms with E-state index in [-0.39, 0.29) is 24.5 Å². The highest BCUT2D eigenvalue weighted by Crippen LogP contribution is 2.34. The van der Waals surface area contributed by atoms with E-state index >= 15 is 4.39 Å². The largest absolute Gasteiger partial charge is 0.455 e. The number of Topliss-reactive ketones (excluding diaryl/α,β-unsaturated/α-hetero) is 1. The van der Waals surface area contributed by atoms with Crippen molar-refractivity contribution in [3.05, 3.63) is 46.2 Å². The van der Waals surface area contributed by atoms with Crippen LogP contribution in [-0.2, 0) is 14.3 Å². The molecule has 0 aliphatic carbocycles. The second kappa shape index (κ2) is 13.4. The van der Waals surface area contributed by atoms with Gasteiger partial charge in [-0.25, -0.2) is 9.37 Å². The summed E-state index contributed by atoms with van der Waals surface area (Å²) in [5.41, 5.74) is 0.136. The van der Waals surface area contributed by atoms with Gasteiger partial charge < -0.3 is 14.9 Å². The van der Waals surface area contributed by atoms with Crippen LogP contribution < -0.4 is 0 Å². The van der Waals surface area contributed by atoms with Crippen molar-refractivity contribution in [1.29, 1.82) is 0 Å². The monoisotopic (exact) mass is 521 g/mol. The molecule has 0 amide bonds. The Bertz CT molecular complexity index is 982. The summed E-state index contributed by atoms with van der Waals surface area (Å²) in [6, 6.07) is 0. The molecule has 1 aromatic heterocycles. The first-order chi connectivity index (χ1) is 16.9. The number of ether oxygens (including phenoxy) is 1. The molecule has 1 aromatic rings. The third-order valence-corrected chi connectivity index (χ3v) is 7.79. The molecule has 1 aliphatic rings. The van der Waals surface area contributed by atoms with Crippen molar-refractivity contribution >= 4 is 29.2 Å². The lowest BCUT2D eigenvalue weighted by molar-refractivity contribution is -0.154. The molecule has 6 nitrogen and oxygen atoms in total. The average Bonchev–Trinajstić information content (AvgIpc) is 3.22. The smallest absolute Gasteiger partial charge is 0.309 e. The summed E-state index contributed by atoms with van der Waals surface area (Å²) < 4.78 is 20.6. The first-order valence-corrected chi connectivity index (χ1v) is 13.4. The van der Waals surface area contributed by atoms with E-state index in [2.05, 4.69) is 11.6 Å². The number of aliphatic hydroxyl groups is 2. The predicted octanol–water partition coefficient (Wildman–Crippen LogP) is 5.73. The van der Waals surface area contributed by atoms with Crippen molar-refractivity contribution in [2.24, 2.45) is 17.3 Å². The van der Waals surface area contributed by atoms with Gasteiger partial charge in [0.2, 0.25) is 0 Å². The van der Waals surface area contributed by atoms with Gasteiger partial charge in [0.1, 0.15) is 11.6 Å². The number of hydrogen-bond donors (Lipinski definition) is 2. The van der Waals surface area contributed by atoms with Crippen LogP contribution in [0, 0.1) is 24.2 Å². The highest BCUT2D eigenvalue weighted by molar-refractivity contribution is 7.09. The van der Waals surface area contributed by atoms with Crippen LogP contribution >= 0.6 is 11.3 Å². The topological polar surface area (TPSA) is 96.7 Å². The lowest BCUT2D eigenvalue weighted by Gasteiger charge is -2.35. The van der Waals surface area contributed by atoms with Crippen LogP contribution in [0.5, 0.6) is 0 Å². The molecular formula is C28H40FNO5S. The highest BCUT2D eigenvalue weighted by atomic mass is 32.1. The Morgan fingerprint density at radius 2 is 2.03 bits per heavy atom. The quantitative estimate of drug-likeness (QED) is 0.388. The van der Waals surface area contributed by atoms with Crippen molar-refractivity contribution in [3.63, 3.8) is 0 Å². The normalized spacial score (nSPS) is 30.8. The molecule has 0 saturated carbocycles. The van der Waals surface area contributed by atoms with E-state index in [1.807, 2.05) is 26.8 Å². The zero-order chi connectivity index (χ0) is 27.0. The molecule has 5 atom stereocenters. The minimum absolute atomic E-state index is 0.140. The maximum Gasteiger partial charge on any atom is 0.309 e. The summed E-state index contributed by atoms with van der Waals surface area (Å²) in [5, 5.41) is 24.4. The number of rotatable bonds is 4. The number of aliphatic hydroxyl groups excluding tert-OH is 2. The van der Waals surface area contributed by atoms with Crippen molar-refractivity contribution < 1.29 is 28.9 Å². The van der Waals surface area contributed by atoms with E-state index in [4.69, 9.17) is 4.74 Å². The molecule has 0 radical (unpaired) electrons. The Hall–Kier alpha value is -2.16. The molecule has 2 heterocycles. The van der Waals surface area contributed by atoms with E-state index < -0.39 is 47.9 Å². The van der Waals surface area contributed by atoms with Crippen LogP contribution in [0.1, 0.15) is 76.9 Å². The number of hydrogen-bond acceptors (Lipinski definition) is 7. The minimum Gasteiger partial charge on any atom is -0.455 e. The number of cyclic esters (lactones) is 1. The number of halogens is 1. The Kier molecular flexibility index (Phi) is 11.2. The van der Waals surface area contributed by atoms with Crippen LogP contribution in [0.25, 0.3) is 6.08 Å². The molecule has 0 bridgehead atoms. The molecule has 1 aliphatic heterocycles. The summed E-state index contributed by atoms with van der Waals surface area (Å²) in [5.74, 6) is -2.68. The van der Waals surface area contributed by atoms with Gasteiger partial charge in [-0.05, 0) is 45.4 Å². The van der Waals surface area contributed by atoms with E-state index in [0.717, 1.165) is 23.4 Å². The molecule has 0 spiro atoms. The number of ketones is 1. The molecule has 0 aromatic carbocycles. The number of carbonyl (C=O) groups excluding carboxylic acids is 2. The van der Waals surface area contributed by atoms with Gasteiger partial charge in [0.25, 0.3) is 0 Å². The van der Waals surface area contributed by atoms with Crippen LogP contribution in [-0.4, -0.2) is 45.3 Å². The number of esters is 1. The van der Waals surface area contributed by atoms with Gasteiger partial charge in [-0.3, -0.25) is 9.59 Å². The zero-order valence-corrected chi connectivity index (χ0v) is 22.8. The van der Waals surface area contributed by atoms with Gasteiger partial charge in [-0.2, -0.15) is 0 Å². The number of nitrogens with zero attached hydrogens (tertiary/aromatic N) is 1. The van der Waals surface area contributed by atoms with Crippen molar-refractivity contribution in [2.75, 3.05) is 0 Å². The van der Waals surface area contributed by atoms with Crippen LogP contribution in [0.4, 0.5) is 4.39 Å².